The van der Waals surface area contributed by atoms with Crippen LogP contribution >= 0.6 is 23.2 Å². The van der Waals surface area contributed by atoms with E-state index in [2.05, 4.69) is 5.92 Å². The average molecular weight is 318 g/mol. The molecule has 108 valence electrons. The lowest BCUT2D eigenvalue weighted by atomic mass is 10.3. The average Bonchev–Trinajstić information content (AvgIpc) is 2.37. The fourth-order valence-corrected chi connectivity index (χ4v) is 1.77. The standard InChI is InChI=1S/C13H13Cl2NO4/c1-2-5-18-7-10(20-13(16)17)8-19-12-4-3-9(14)6-11(12)15/h1,3-4,6,10H,5,7-8H2,(H2,16,17). The smallest absolute Gasteiger partial charge is 0.404 e. The second kappa shape index (κ2) is 8.54. The maximum Gasteiger partial charge on any atom is 0.404 e. The fraction of sp³-hybridized carbons (Fsp3) is 0.308. The first-order valence-corrected chi connectivity index (χ1v) is 6.33. The Morgan fingerprint density at radius 3 is 2.75 bits per heavy atom. The second-order valence-corrected chi connectivity index (χ2v) is 4.51. The molecule has 1 rings (SSSR count). The fourth-order valence-electron chi connectivity index (χ4n) is 1.30. The summed E-state index contributed by atoms with van der Waals surface area (Å²) in [6.07, 6.45) is 3.43. The van der Waals surface area contributed by atoms with E-state index in [4.69, 9.17) is 49.6 Å². The molecule has 0 saturated carbocycles. The minimum Gasteiger partial charge on any atom is -0.488 e. The Morgan fingerprint density at radius 2 is 2.15 bits per heavy atom. The molecule has 1 aromatic carbocycles. The van der Waals surface area contributed by atoms with Crippen molar-refractivity contribution in [2.24, 2.45) is 5.73 Å². The van der Waals surface area contributed by atoms with Crippen molar-refractivity contribution in [2.45, 2.75) is 6.10 Å². The van der Waals surface area contributed by atoms with E-state index in [-0.39, 0.29) is 19.8 Å². The van der Waals surface area contributed by atoms with Crippen molar-refractivity contribution >= 4 is 29.3 Å². The molecule has 0 heterocycles. The van der Waals surface area contributed by atoms with Crippen LogP contribution in [0.2, 0.25) is 10.0 Å². The van der Waals surface area contributed by atoms with Crippen LogP contribution in [0, 0.1) is 12.3 Å². The number of carbonyl (C=O) groups is 1. The molecule has 0 aromatic heterocycles. The number of terminal acetylenes is 1. The van der Waals surface area contributed by atoms with Crippen molar-refractivity contribution in [1.82, 2.24) is 0 Å². The first-order chi connectivity index (χ1) is 9.52. The molecule has 0 aliphatic heterocycles. The molecular formula is C13H13Cl2NO4. The van der Waals surface area contributed by atoms with Gasteiger partial charge in [-0.05, 0) is 18.2 Å². The molecule has 1 atom stereocenters. The van der Waals surface area contributed by atoms with Crippen LogP contribution in [0.25, 0.3) is 0 Å². The van der Waals surface area contributed by atoms with Crippen LogP contribution < -0.4 is 10.5 Å². The molecule has 0 fully saturated rings. The number of benzene rings is 1. The van der Waals surface area contributed by atoms with Gasteiger partial charge in [0.25, 0.3) is 0 Å². The molecule has 0 aliphatic carbocycles. The van der Waals surface area contributed by atoms with E-state index in [0.717, 1.165) is 0 Å². The van der Waals surface area contributed by atoms with Gasteiger partial charge < -0.3 is 19.9 Å². The van der Waals surface area contributed by atoms with Gasteiger partial charge in [0.05, 0.1) is 11.6 Å². The van der Waals surface area contributed by atoms with Crippen molar-refractivity contribution in [2.75, 3.05) is 19.8 Å². The summed E-state index contributed by atoms with van der Waals surface area (Å²) >= 11 is 11.7. The zero-order chi connectivity index (χ0) is 15.0. The topological polar surface area (TPSA) is 70.8 Å². The number of nitrogens with two attached hydrogens (primary N) is 1. The van der Waals surface area contributed by atoms with E-state index in [1.54, 1.807) is 12.1 Å². The van der Waals surface area contributed by atoms with Gasteiger partial charge in [-0.2, -0.15) is 0 Å². The Kier molecular flexibility index (Phi) is 7.02. The van der Waals surface area contributed by atoms with Gasteiger partial charge in [0, 0.05) is 5.02 Å². The molecule has 0 bridgehead atoms. The van der Waals surface area contributed by atoms with Crippen molar-refractivity contribution in [3.63, 3.8) is 0 Å². The summed E-state index contributed by atoms with van der Waals surface area (Å²) in [4.78, 5) is 10.8. The van der Waals surface area contributed by atoms with E-state index < -0.39 is 12.2 Å². The summed E-state index contributed by atoms with van der Waals surface area (Å²) < 4.78 is 15.3. The highest BCUT2D eigenvalue weighted by atomic mass is 35.5. The van der Waals surface area contributed by atoms with Gasteiger partial charge >= 0.3 is 6.09 Å². The van der Waals surface area contributed by atoms with Crippen LogP contribution in [0.5, 0.6) is 5.75 Å². The normalized spacial score (nSPS) is 11.4. The zero-order valence-corrected chi connectivity index (χ0v) is 12.0. The number of primary amides is 1. The van der Waals surface area contributed by atoms with Crippen LogP contribution in [-0.4, -0.2) is 32.0 Å². The zero-order valence-electron chi connectivity index (χ0n) is 10.5. The third-order valence-electron chi connectivity index (χ3n) is 2.09. The van der Waals surface area contributed by atoms with Gasteiger partial charge in [-0.25, -0.2) is 4.79 Å². The summed E-state index contributed by atoms with van der Waals surface area (Å²) in [5.41, 5.74) is 4.96. The molecule has 1 amide bonds. The maximum atomic E-state index is 10.8. The number of ether oxygens (including phenoxy) is 3. The van der Waals surface area contributed by atoms with Crippen molar-refractivity contribution in [1.29, 1.82) is 0 Å². The summed E-state index contributed by atoms with van der Waals surface area (Å²) in [5, 5.41) is 0.838. The summed E-state index contributed by atoms with van der Waals surface area (Å²) in [7, 11) is 0. The van der Waals surface area contributed by atoms with Gasteiger partial charge in [-0.3, -0.25) is 0 Å². The predicted molar refractivity (Wildman–Crippen MR) is 76.1 cm³/mol. The van der Waals surface area contributed by atoms with Crippen LogP contribution in [-0.2, 0) is 9.47 Å². The first kappa shape index (κ1) is 16.4. The lowest BCUT2D eigenvalue weighted by Gasteiger charge is -2.17. The number of halogens is 2. The highest BCUT2D eigenvalue weighted by molar-refractivity contribution is 6.35. The van der Waals surface area contributed by atoms with Gasteiger partial charge in [-0.15, -0.1) is 6.42 Å². The first-order valence-electron chi connectivity index (χ1n) is 5.58. The van der Waals surface area contributed by atoms with E-state index in [0.29, 0.717) is 15.8 Å². The highest BCUT2D eigenvalue weighted by Gasteiger charge is 2.15. The van der Waals surface area contributed by atoms with Crippen molar-refractivity contribution in [3.05, 3.63) is 28.2 Å². The Labute approximate surface area is 126 Å². The molecular weight excluding hydrogens is 305 g/mol. The van der Waals surface area contributed by atoms with E-state index in [1.165, 1.54) is 6.07 Å². The monoisotopic (exact) mass is 317 g/mol. The van der Waals surface area contributed by atoms with Gasteiger partial charge in [-0.1, -0.05) is 29.1 Å². The van der Waals surface area contributed by atoms with Crippen LogP contribution in [0.15, 0.2) is 18.2 Å². The Balaban J connectivity index is 2.56. The molecule has 0 spiro atoms. The summed E-state index contributed by atoms with van der Waals surface area (Å²) in [6.45, 7) is 0.188. The number of amides is 1. The summed E-state index contributed by atoms with van der Waals surface area (Å²) in [5.74, 6) is 2.70. The molecule has 5 nitrogen and oxygen atoms in total. The van der Waals surface area contributed by atoms with Gasteiger partial charge in [0.1, 0.15) is 19.0 Å². The lowest BCUT2D eigenvalue weighted by Crippen LogP contribution is -2.32. The van der Waals surface area contributed by atoms with Crippen molar-refractivity contribution < 1.29 is 19.0 Å². The second-order valence-electron chi connectivity index (χ2n) is 3.66. The van der Waals surface area contributed by atoms with E-state index in [9.17, 15) is 4.79 Å². The van der Waals surface area contributed by atoms with Crippen LogP contribution in [0.1, 0.15) is 0 Å². The van der Waals surface area contributed by atoms with Gasteiger partial charge in [0.2, 0.25) is 0 Å². The number of hydrogen-bond acceptors (Lipinski definition) is 4. The molecule has 20 heavy (non-hydrogen) atoms. The lowest BCUT2D eigenvalue weighted by molar-refractivity contribution is 0.0101. The maximum absolute atomic E-state index is 10.8. The quantitative estimate of drug-likeness (QED) is 0.619. The largest absolute Gasteiger partial charge is 0.488 e. The Morgan fingerprint density at radius 1 is 1.40 bits per heavy atom. The SMILES string of the molecule is C#CCOCC(COc1ccc(Cl)cc1Cl)OC(N)=O. The van der Waals surface area contributed by atoms with Crippen molar-refractivity contribution in [3.8, 4) is 18.1 Å². The van der Waals surface area contributed by atoms with Crippen LogP contribution in [0.4, 0.5) is 4.79 Å². The molecule has 0 radical (unpaired) electrons. The number of hydrogen-bond donors (Lipinski definition) is 1. The molecule has 0 aliphatic rings. The Hall–Kier alpha value is -1.61. The third kappa shape index (κ3) is 6.02. The third-order valence-corrected chi connectivity index (χ3v) is 2.62. The molecule has 2 N–H and O–H groups in total. The predicted octanol–water partition coefficient (Wildman–Crippen LogP) is 2.49. The van der Waals surface area contributed by atoms with Crippen LogP contribution in [0.3, 0.4) is 0 Å². The molecule has 1 unspecified atom stereocenters. The van der Waals surface area contributed by atoms with Gasteiger partial charge in [0.15, 0.2) is 6.10 Å². The minimum absolute atomic E-state index is 0.0227. The highest BCUT2D eigenvalue weighted by Crippen LogP contribution is 2.27. The number of carbonyl (C=O) groups excluding carboxylic acids is 1. The van der Waals surface area contributed by atoms with E-state index >= 15 is 0 Å². The molecule has 1 aromatic rings. The van der Waals surface area contributed by atoms with E-state index in [1.807, 2.05) is 0 Å². The number of rotatable bonds is 7. The summed E-state index contributed by atoms with van der Waals surface area (Å²) in [6, 6.07) is 4.77. The minimum atomic E-state index is -0.926. The molecule has 7 heteroatoms. The molecule has 0 saturated heterocycles. The Bertz CT molecular complexity index is 502.